The maximum atomic E-state index is 12.0. The molecule has 1 aliphatic heterocycles. The third-order valence-electron chi connectivity index (χ3n) is 4.72. The Morgan fingerprint density at radius 2 is 2.04 bits per heavy atom. The molecule has 2 aromatic heterocycles. The fourth-order valence-corrected chi connectivity index (χ4v) is 3.51. The molecule has 0 bridgehead atoms. The first kappa shape index (κ1) is 17.7. The van der Waals surface area contributed by atoms with E-state index in [9.17, 15) is 4.79 Å². The minimum absolute atomic E-state index is 0.0902. The van der Waals surface area contributed by atoms with Crippen LogP contribution < -0.4 is 4.90 Å². The van der Waals surface area contributed by atoms with Crippen LogP contribution in [0.25, 0.3) is 0 Å². The highest BCUT2D eigenvalue weighted by Gasteiger charge is 2.24. The zero-order chi connectivity index (χ0) is 18.0. The molecule has 0 N–H and O–H groups in total. The van der Waals surface area contributed by atoms with Crippen molar-refractivity contribution in [1.82, 2.24) is 19.7 Å². The normalized spacial score (nSPS) is 15.4. The Morgan fingerprint density at radius 3 is 2.60 bits per heavy atom. The lowest BCUT2D eigenvalue weighted by Crippen LogP contribution is -2.33. The highest BCUT2D eigenvalue weighted by atomic mass is 35.5. The molecule has 0 unspecified atom stereocenters. The number of amides is 1. The van der Waals surface area contributed by atoms with E-state index in [0.29, 0.717) is 16.5 Å². The topological polar surface area (TPSA) is 54.3 Å². The summed E-state index contributed by atoms with van der Waals surface area (Å²) in [5.74, 6) is 1.21. The number of halogens is 1. The number of hydrogen-bond donors (Lipinski definition) is 0. The summed E-state index contributed by atoms with van der Waals surface area (Å²) in [6.07, 6.45) is 7.84. The molecule has 3 rings (SSSR count). The van der Waals surface area contributed by atoms with Crippen molar-refractivity contribution >= 4 is 23.3 Å². The van der Waals surface area contributed by atoms with Gasteiger partial charge in [-0.05, 0) is 37.3 Å². The van der Waals surface area contributed by atoms with Gasteiger partial charge in [-0.25, -0.2) is 4.98 Å². The molecular weight excluding hydrogens is 338 g/mol. The second-order valence-electron chi connectivity index (χ2n) is 6.62. The van der Waals surface area contributed by atoms with Crippen LogP contribution >= 0.6 is 11.6 Å². The van der Waals surface area contributed by atoms with Crippen molar-refractivity contribution in [2.45, 2.75) is 32.2 Å². The van der Waals surface area contributed by atoms with Gasteiger partial charge in [0.15, 0.2) is 0 Å². The SMILES string of the molecule is CCn1cc(C2CCN(c3ncc(C(=O)N(C)C)cc3Cl)CC2)cn1. The summed E-state index contributed by atoms with van der Waals surface area (Å²) in [5, 5.41) is 4.91. The second kappa shape index (κ2) is 7.44. The fraction of sp³-hybridized carbons (Fsp3) is 0.500. The molecule has 0 spiro atoms. The van der Waals surface area contributed by atoms with Crippen LogP contribution in [-0.2, 0) is 6.54 Å². The van der Waals surface area contributed by atoms with Crippen LogP contribution in [0.1, 0.15) is 41.6 Å². The number of carbonyl (C=O) groups excluding carboxylic acids is 1. The van der Waals surface area contributed by atoms with E-state index in [1.807, 2.05) is 10.9 Å². The number of anilines is 1. The number of aryl methyl sites for hydroxylation is 1. The summed E-state index contributed by atoms with van der Waals surface area (Å²) >= 11 is 6.40. The van der Waals surface area contributed by atoms with Crippen LogP contribution in [0.2, 0.25) is 5.02 Å². The van der Waals surface area contributed by atoms with Gasteiger partial charge in [-0.3, -0.25) is 9.48 Å². The van der Waals surface area contributed by atoms with E-state index in [1.54, 1.807) is 26.4 Å². The molecule has 1 fully saturated rings. The molecule has 1 saturated heterocycles. The number of carbonyl (C=O) groups is 1. The van der Waals surface area contributed by atoms with Crippen molar-refractivity contribution < 1.29 is 4.79 Å². The first-order chi connectivity index (χ1) is 12.0. The summed E-state index contributed by atoms with van der Waals surface area (Å²) in [4.78, 5) is 20.2. The molecule has 0 aromatic carbocycles. The van der Waals surface area contributed by atoms with E-state index in [4.69, 9.17) is 11.6 Å². The van der Waals surface area contributed by atoms with Gasteiger partial charge in [-0.1, -0.05) is 11.6 Å². The summed E-state index contributed by atoms with van der Waals surface area (Å²) in [5.41, 5.74) is 1.83. The van der Waals surface area contributed by atoms with Gasteiger partial charge in [-0.15, -0.1) is 0 Å². The standard InChI is InChI=1S/C18H24ClN5O/c1-4-24-12-15(11-21-24)13-5-7-23(8-6-13)17-16(19)9-14(10-20-17)18(25)22(2)3/h9-13H,4-8H2,1-3H3. The maximum Gasteiger partial charge on any atom is 0.254 e. The fourth-order valence-electron chi connectivity index (χ4n) is 3.23. The van der Waals surface area contributed by atoms with Gasteiger partial charge in [0.1, 0.15) is 5.82 Å². The van der Waals surface area contributed by atoms with Crippen molar-refractivity contribution in [3.63, 3.8) is 0 Å². The number of pyridine rings is 1. The Bertz CT molecular complexity index is 750. The van der Waals surface area contributed by atoms with E-state index < -0.39 is 0 Å². The Labute approximate surface area is 153 Å². The minimum atomic E-state index is -0.0902. The molecule has 134 valence electrons. The number of aromatic nitrogens is 3. The Kier molecular flexibility index (Phi) is 5.27. The molecule has 2 aromatic rings. The van der Waals surface area contributed by atoms with Gasteiger partial charge in [0.2, 0.25) is 0 Å². The predicted octanol–water partition coefficient (Wildman–Crippen LogP) is 3.04. The molecule has 25 heavy (non-hydrogen) atoms. The minimum Gasteiger partial charge on any atom is -0.355 e. The van der Waals surface area contributed by atoms with Gasteiger partial charge >= 0.3 is 0 Å². The first-order valence-corrected chi connectivity index (χ1v) is 9.02. The average molecular weight is 362 g/mol. The Morgan fingerprint density at radius 1 is 1.32 bits per heavy atom. The van der Waals surface area contributed by atoms with E-state index >= 15 is 0 Å². The lowest BCUT2D eigenvalue weighted by Gasteiger charge is -2.33. The van der Waals surface area contributed by atoms with Crippen molar-refractivity contribution in [2.75, 3.05) is 32.1 Å². The number of hydrogen-bond acceptors (Lipinski definition) is 4. The van der Waals surface area contributed by atoms with Gasteiger partial charge < -0.3 is 9.80 Å². The molecule has 0 radical (unpaired) electrons. The van der Waals surface area contributed by atoms with Gasteiger partial charge in [0.05, 0.1) is 16.8 Å². The van der Waals surface area contributed by atoms with Crippen LogP contribution in [0.3, 0.4) is 0 Å². The van der Waals surface area contributed by atoms with Gasteiger partial charge in [0, 0.05) is 46.1 Å². The lowest BCUT2D eigenvalue weighted by molar-refractivity contribution is 0.0827. The summed E-state index contributed by atoms with van der Waals surface area (Å²) in [6.45, 7) is 4.79. The molecule has 1 aliphatic rings. The van der Waals surface area contributed by atoms with E-state index in [1.165, 1.54) is 10.5 Å². The molecule has 7 heteroatoms. The van der Waals surface area contributed by atoms with Crippen LogP contribution in [0, 0.1) is 0 Å². The van der Waals surface area contributed by atoms with E-state index in [0.717, 1.165) is 38.3 Å². The maximum absolute atomic E-state index is 12.0. The molecule has 0 atom stereocenters. The first-order valence-electron chi connectivity index (χ1n) is 8.64. The number of piperidine rings is 1. The summed E-state index contributed by atoms with van der Waals surface area (Å²) in [6, 6.07) is 1.71. The molecule has 3 heterocycles. The smallest absolute Gasteiger partial charge is 0.254 e. The molecule has 0 aliphatic carbocycles. The quantitative estimate of drug-likeness (QED) is 0.839. The average Bonchev–Trinajstić information content (AvgIpc) is 3.10. The van der Waals surface area contributed by atoms with Crippen molar-refractivity contribution in [3.8, 4) is 0 Å². The van der Waals surface area contributed by atoms with E-state index in [-0.39, 0.29) is 5.91 Å². The van der Waals surface area contributed by atoms with E-state index in [2.05, 4.69) is 28.1 Å². The second-order valence-corrected chi connectivity index (χ2v) is 7.03. The molecule has 0 saturated carbocycles. The number of nitrogens with zero attached hydrogens (tertiary/aromatic N) is 5. The van der Waals surface area contributed by atoms with Crippen molar-refractivity contribution in [1.29, 1.82) is 0 Å². The predicted molar refractivity (Wildman–Crippen MR) is 99.4 cm³/mol. The summed E-state index contributed by atoms with van der Waals surface area (Å²) < 4.78 is 1.97. The van der Waals surface area contributed by atoms with Crippen LogP contribution in [-0.4, -0.2) is 52.8 Å². The third-order valence-corrected chi connectivity index (χ3v) is 5.00. The third kappa shape index (κ3) is 3.79. The Hall–Kier alpha value is -2.08. The monoisotopic (exact) mass is 361 g/mol. The van der Waals surface area contributed by atoms with Crippen LogP contribution in [0.5, 0.6) is 0 Å². The molecular formula is C18H24ClN5O. The molecule has 1 amide bonds. The number of rotatable bonds is 4. The highest BCUT2D eigenvalue weighted by molar-refractivity contribution is 6.33. The lowest BCUT2D eigenvalue weighted by atomic mass is 9.91. The molecule has 6 nitrogen and oxygen atoms in total. The van der Waals surface area contributed by atoms with Crippen molar-refractivity contribution in [3.05, 3.63) is 40.8 Å². The van der Waals surface area contributed by atoms with Gasteiger partial charge in [-0.2, -0.15) is 5.10 Å². The van der Waals surface area contributed by atoms with Crippen LogP contribution in [0.4, 0.5) is 5.82 Å². The summed E-state index contributed by atoms with van der Waals surface area (Å²) in [7, 11) is 3.44. The van der Waals surface area contributed by atoms with Crippen LogP contribution in [0.15, 0.2) is 24.7 Å². The highest BCUT2D eigenvalue weighted by Crippen LogP contribution is 2.32. The largest absolute Gasteiger partial charge is 0.355 e. The zero-order valence-corrected chi connectivity index (χ0v) is 15.7. The Balaban J connectivity index is 1.67. The zero-order valence-electron chi connectivity index (χ0n) is 14.9. The van der Waals surface area contributed by atoms with Crippen molar-refractivity contribution in [2.24, 2.45) is 0 Å². The van der Waals surface area contributed by atoms with Gasteiger partial charge in [0.25, 0.3) is 5.91 Å².